The second-order valence-electron chi connectivity index (χ2n) is 3.90. The number of nitrogens with one attached hydrogen (secondary N) is 1. The lowest BCUT2D eigenvalue weighted by atomic mass is 10.1. The molecular weight excluding hydrogens is 312 g/mol. The number of hydrogen-bond acceptors (Lipinski definition) is 5. The molecule has 1 N–H and O–H groups in total. The second kappa shape index (κ2) is 5.31. The number of aryl methyl sites for hydroxylation is 1. The zero-order chi connectivity index (χ0) is 14.0. The quantitative estimate of drug-likeness (QED) is 0.693. The van der Waals surface area contributed by atoms with Crippen molar-refractivity contribution < 1.29 is 4.92 Å². The molecule has 0 atom stereocenters. The summed E-state index contributed by atoms with van der Waals surface area (Å²) in [4.78, 5) is 18.9. The van der Waals surface area contributed by atoms with Crippen molar-refractivity contribution in [1.82, 2.24) is 9.97 Å². The Bertz CT molecular complexity index is 646. The molecule has 6 nitrogen and oxygen atoms in total. The summed E-state index contributed by atoms with van der Waals surface area (Å²) >= 11 is 3.32. The van der Waals surface area contributed by atoms with E-state index in [1.807, 2.05) is 6.92 Å². The molecule has 0 radical (unpaired) electrons. The maximum atomic E-state index is 10.8. The van der Waals surface area contributed by atoms with Crippen molar-refractivity contribution in [2.24, 2.45) is 0 Å². The molecule has 2 aromatic rings. The second-order valence-corrected chi connectivity index (χ2v) is 4.75. The average Bonchev–Trinajstić information content (AvgIpc) is 2.40. The van der Waals surface area contributed by atoms with Crippen LogP contribution >= 0.6 is 15.9 Å². The fourth-order valence-electron chi connectivity index (χ4n) is 1.64. The first-order valence-corrected chi connectivity index (χ1v) is 6.28. The molecular formula is C12H11BrN4O2. The summed E-state index contributed by atoms with van der Waals surface area (Å²) in [6.45, 7) is 1.86. The van der Waals surface area contributed by atoms with E-state index in [1.165, 1.54) is 12.1 Å². The van der Waals surface area contributed by atoms with Crippen molar-refractivity contribution in [3.05, 3.63) is 44.5 Å². The van der Waals surface area contributed by atoms with Crippen LogP contribution < -0.4 is 5.32 Å². The molecule has 1 aromatic heterocycles. The van der Waals surface area contributed by atoms with E-state index in [1.54, 1.807) is 19.3 Å². The normalized spacial score (nSPS) is 10.3. The van der Waals surface area contributed by atoms with Crippen molar-refractivity contribution in [3.63, 3.8) is 0 Å². The molecule has 0 unspecified atom stereocenters. The highest BCUT2D eigenvalue weighted by Crippen LogP contribution is 2.27. The Labute approximate surface area is 118 Å². The van der Waals surface area contributed by atoms with Gasteiger partial charge in [-0.15, -0.1) is 0 Å². The van der Waals surface area contributed by atoms with Gasteiger partial charge in [0.15, 0.2) is 5.82 Å². The number of benzene rings is 1. The molecule has 0 aliphatic rings. The molecule has 19 heavy (non-hydrogen) atoms. The predicted molar refractivity (Wildman–Crippen MR) is 76.1 cm³/mol. The van der Waals surface area contributed by atoms with Crippen LogP contribution in [0.25, 0.3) is 11.4 Å². The molecule has 0 bridgehead atoms. The van der Waals surface area contributed by atoms with Gasteiger partial charge in [0.25, 0.3) is 5.69 Å². The van der Waals surface area contributed by atoms with Crippen LogP contribution in [0.1, 0.15) is 5.56 Å². The van der Waals surface area contributed by atoms with Crippen LogP contribution in [-0.2, 0) is 0 Å². The zero-order valence-corrected chi connectivity index (χ0v) is 11.9. The van der Waals surface area contributed by atoms with Gasteiger partial charge < -0.3 is 5.32 Å². The average molecular weight is 323 g/mol. The highest BCUT2D eigenvalue weighted by Gasteiger charge is 2.13. The molecule has 1 heterocycles. The van der Waals surface area contributed by atoms with Crippen molar-refractivity contribution in [1.29, 1.82) is 0 Å². The van der Waals surface area contributed by atoms with Gasteiger partial charge in [0.05, 0.1) is 9.40 Å². The van der Waals surface area contributed by atoms with Crippen molar-refractivity contribution in [3.8, 4) is 11.4 Å². The number of aromatic nitrogens is 2. The Kier molecular flexibility index (Phi) is 3.75. The number of nitro benzene ring substituents is 1. The van der Waals surface area contributed by atoms with Gasteiger partial charge in [-0.1, -0.05) is 6.07 Å². The number of anilines is 1. The lowest BCUT2D eigenvalue weighted by Gasteiger charge is -2.07. The molecule has 0 saturated heterocycles. The summed E-state index contributed by atoms with van der Waals surface area (Å²) in [6.07, 6.45) is 1.62. The number of rotatable bonds is 3. The molecule has 0 saturated carbocycles. The molecule has 0 amide bonds. The van der Waals surface area contributed by atoms with Gasteiger partial charge in [0.2, 0.25) is 0 Å². The Morgan fingerprint density at radius 2 is 2.16 bits per heavy atom. The summed E-state index contributed by atoms with van der Waals surface area (Å²) < 4.78 is 0.738. The van der Waals surface area contributed by atoms with Gasteiger partial charge in [-0.3, -0.25) is 10.1 Å². The number of halogens is 1. The van der Waals surface area contributed by atoms with Crippen LogP contribution in [0.4, 0.5) is 11.5 Å². The minimum atomic E-state index is -0.430. The molecule has 0 aliphatic carbocycles. The minimum absolute atomic E-state index is 0.0260. The molecule has 2 rings (SSSR count). The fraction of sp³-hybridized carbons (Fsp3) is 0.167. The van der Waals surface area contributed by atoms with E-state index in [2.05, 4.69) is 31.2 Å². The van der Waals surface area contributed by atoms with Gasteiger partial charge in [-0.2, -0.15) is 0 Å². The van der Waals surface area contributed by atoms with Gasteiger partial charge >= 0.3 is 0 Å². The maximum Gasteiger partial charge on any atom is 0.270 e. The molecule has 0 spiro atoms. The highest BCUT2D eigenvalue weighted by atomic mass is 79.9. The third-order valence-corrected chi connectivity index (χ3v) is 3.23. The van der Waals surface area contributed by atoms with Crippen molar-refractivity contribution >= 4 is 27.4 Å². The first-order valence-electron chi connectivity index (χ1n) is 5.48. The van der Waals surface area contributed by atoms with Crippen LogP contribution in [0, 0.1) is 17.0 Å². The van der Waals surface area contributed by atoms with Gasteiger partial charge in [0.1, 0.15) is 5.82 Å². The van der Waals surface area contributed by atoms with Crippen molar-refractivity contribution in [2.45, 2.75) is 6.92 Å². The van der Waals surface area contributed by atoms with Crippen molar-refractivity contribution in [2.75, 3.05) is 12.4 Å². The SMILES string of the molecule is CNc1nc(-c2cc([N+](=O)[O-])ccc2C)ncc1Br. The molecule has 0 fully saturated rings. The number of hydrogen-bond donors (Lipinski definition) is 1. The maximum absolute atomic E-state index is 10.8. The number of nitrogens with zero attached hydrogens (tertiary/aromatic N) is 3. The third kappa shape index (κ3) is 2.70. The highest BCUT2D eigenvalue weighted by molar-refractivity contribution is 9.10. The summed E-state index contributed by atoms with van der Waals surface area (Å²) in [7, 11) is 1.75. The minimum Gasteiger partial charge on any atom is -0.372 e. The summed E-state index contributed by atoms with van der Waals surface area (Å²) in [5, 5.41) is 13.7. The van der Waals surface area contributed by atoms with E-state index in [-0.39, 0.29) is 5.69 Å². The topological polar surface area (TPSA) is 81.0 Å². The van der Waals surface area contributed by atoms with E-state index in [0.29, 0.717) is 17.2 Å². The smallest absolute Gasteiger partial charge is 0.270 e. The van der Waals surface area contributed by atoms with E-state index in [4.69, 9.17) is 0 Å². The lowest BCUT2D eigenvalue weighted by Crippen LogP contribution is -1.99. The zero-order valence-electron chi connectivity index (χ0n) is 10.3. The summed E-state index contributed by atoms with van der Waals surface area (Å²) in [5.74, 6) is 1.09. The van der Waals surface area contributed by atoms with E-state index in [9.17, 15) is 10.1 Å². The predicted octanol–water partition coefficient (Wildman–Crippen LogP) is 3.16. The van der Waals surface area contributed by atoms with Gasteiger partial charge in [-0.25, -0.2) is 9.97 Å². The van der Waals surface area contributed by atoms with E-state index < -0.39 is 4.92 Å². The lowest BCUT2D eigenvalue weighted by molar-refractivity contribution is -0.384. The molecule has 7 heteroatoms. The van der Waals surface area contributed by atoms with Crippen LogP contribution in [-0.4, -0.2) is 21.9 Å². The first-order chi connectivity index (χ1) is 9.02. The van der Waals surface area contributed by atoms with Crippen LogP contribution in [0.15, 0.2) is 28.9 Å². The number of nitro groups is 1. The summed E-state index contributed by atoms with van der Waals surface area (Å²) in [6, 6.07) is 4.65. The van der Waals surface area contributed by atoms with Crippen LogP contribution in [0.2, 0.25) is 0 Å². The molecule has 1 aromatic carbocycles. The largest absolute Gasteiger partial charge is 0.372 e. The monoisotopic (exact) mass is 322 g/mol. The van der Waals surface area contributed by atoms with Crippen LogP contribution in [0.3, 0.4) is 0 Å². The Morgan fingerprint density at radius 3 is 2.79 bits per heavy atom. The summed E-state index contributed by atoms with van der Waals surface area (Å²) in [5.41, 5.74) is 1.56. The Hall–Kier alpha value is -2.02. The first kappa shape index (κ1) is 13.4. The number of non-ortho nitro benzene ring substituents is 1. The van der Waals surface area contributed by atoms with E-state index in [0.717, 1.165) is 10.0 Å². The third-order valence-electron chi connectivity index (χ3n) is 2.65. The Morgan fingerprint density at radius 1 is 1.42 bits per heavy atom. The Balaban J connectivity index is 2.57. The van der Waals surface area contributed by atoms with Crippen LogP contribution in [0.5, 0.6) is 0 Å². The van der Waals surface area contributed by atoms with Gasteiger partial charge in [0, 0.05) is 30.9 Å². The standard InChI is InChI=1S/C12H11BrN4O2/c1-7-3-4-8(17(18)19)5-9(7)11-15-6-10(13)12(14-2)16-11/h3-6H,1-2H3,(H,14,15,16). The van der Waals surface area contributed by atoms with Gasteiger partial charge in [-0.05, 0) is 28.4 Å². The molecule has 98 valence electrons. The fourth-order valence-corrected chi connectivity index (χ4v) is 2.03. The van der Waals surface area contributed by atoms with E-state index >= 15 is 0 Å². The molecule has 0 aliphatic heterocycles.